The van der Waals surface area contributed by atoms with Crippen LogP contribution in [0.2, 0.25) is 5.02 Å². The highest BCUT2D eigenvalue weighted by molar-refractivity contribution is 6.30. The van der Waals surface area contributed by atoms with E-state index >= 15 is 0 Å². The molecule has 6 atom stereocenters. The van der Waals surface area contributed by atoms with Crippen molar-refractivity contribution in [1.82, 2.24) is 4.90 Å². The van der Waals surface area contributed by atoms with Crippen LogP contribution in [0.25, 0.3) is 0 Å². The lowest BCUT2D eigenvalue weighted by atomic mass is 9.53. The molecule has 0 unspecified atom stereocenters. The molecule has 0 radical (unpaired) electrons. The fraction of sp³-hybridized carbons (Fsp3) is 0.720. The summed E-state index contributed by atoms with van der Waals surface area (Å²) in [5, 5.41) is 0.775. The Morgan fingerprint density at radius 3 is 2.58 bits per heavy atom. The number of nitrogens with zero attached hydrogens (tertiary/aromatic N) is 2. The van der Waals surface area contributed by atoms with Gasteiger partial charge in [0.25, 0.3) is 0 Å². The molecule has 31 heavy (non-hydrogen) atoms. The molecule has 0 N–H and O–H groups in total. The number of esters is 1. The lowest BCUT2D eigenvalue weighted by Gasteiger charge is -2.51. The summed E-state index contributed by atoms with van der Waals surface area (Å²) in [6.07, 6.45) is 5.95. The van der Waals surface area contributed by atoms with Gasteiger partial charge in [-0.1, -0.05) is 18.5 Å². The summed E-state index contributed by atoms with van der Waals surface area (Å²) in [6, 6.07) is 8.10. The molecular formula is C25H33ClN2O3. The molecule has 0 bridgehead atoms. The number of hydrogen-bond acceptors (Lipinski definition) is 5. The SMILES string of the molecule is C[C@]12CCC[C@]3(CO3)[C@@H]1C[C@@H]1[C@@H](C2)OC(=O)[C@@H]1CN1CCN(c2ccc(Cl)cc2)CC1. The van der Waals surface area contributed by atoms with E-state index in [0.29, 0.717) is 11.8 Å². The van der Waals surface area contributed by atoms with Crippen molar-refractivity contribution in [2.75, 3.05) is 44.2 Å². The van der Waals surface area contributed by atoms with E-state index in [1.165, 1.54) is 24.9 Å². The number of carbonyl (C=O) groups is 1. The van der Waals surface area contributed by atoms with Crippen LogP contribution in [0.3, 0.4) is 0 Å². The van der Waals surface area contributed by atoms with Crippen molar-refractivity contribution in [2.45, 2.75) is 50.7 Å². The number of epoxide rings is 1. The van der Waals surface area contributed by atoms with E-state index in [-0.39, 0.29) is 29.0 Å². The molecule has 2 aliphatic carbocycles. The van der Waals surface area contributed by atoms with Crippen LogP contribution >= 0.6 is 11.6 Å². The number of ether oxygens (including phenoxy) is 2. The third-order valence-corrected chi connectivity index (χ3v) is 9.35. The fourth-order valence-electron chi connectivity index (χ4n) is 7.28. The molecule has 3 aliphatic heterocycles. The molecule has 6 rings (SSSR count). The van der Waals surface area contributed by atoms with E-state index in [9.17, 15) is 4.79 Å². The molecule has 0 amide bonds. The highest BCUT2D eigenvalue weighted by Gasteiger charge is 2.65. The summed E-state index contributed by atoms with van der Waals surface area (Å²) in [6.45, 7) is 8.12. The van der Waals surface area contributed by atoms with E-state index in [0.717, 1.165) is 57.2 Å². The van der Waals surface area contributed by atoms with Gasteiger partial charge in [-0.25, -0.2) is 0 Å². The second-order valence-electron chi connectivity index (χ2n) is 10.9. The van der Waals surface area contributed by atoms with E-state index in [4.69, 9.17) is 21.1 Å². The first-order valence-corrected chi connectivity index (χ1v) is 12.4. The van der Waals surface area contributed by atoms with Gasteiger partial charge in [-0.05, 0) is 67.7 Å². The van der Waals surface area contributed by atoms with Crippen molar-refractivity contribution < 1.29 is 14.3 Å². The van der Waals surface area contributed by atoms with Gasteiger partial charge in [0.05, 0.1) is 18.1 Å². The molecule has 5 fully saturated rings. The van der Waals surface area contributed by atoms with E-state index in [1.807, 2.05) is 12.1 Å². The maximum Gasteiger partial charge on any atom is 0.310 e. The van der Waals surface area contributed by atoms with Gasteiger partial charge in [-0.15, -0.1) is 0 Å². The summed E-state index contributed by atoms with van der Waals surface area (Å²) < 4.78 is 12.0. The number of carbonyl (C=O) groups excluding carboxylic acids is 1. The highest BCUT2D eigenvalue weighted by Crippen LogP contribution is 2.62. The minimum Gasteiger partial charge on any atom is -0.462 e. The molecular weight excluding hydrogens is 412 g/mol. The summed E-state index contributed by atoms with van der Waals surface area (Å²) in [4.78, 5) is 17.8. The number of benzene rings is 1. The zero-order valence-corrected chi connectivity index (χ0v) is 19.2. The average Bonchev–Trinajstić information content (AvgIpc) is 3.46. The Hall–Kier alpha value is -1.30. The maximum atomic E-state index is 12.9. The van der Waals surface area contributed by atoms with Crippen molar-refractivity contribution in [1.29, 1.82) is 0 Å². The van der Waals surface area contributed by atoms with Gasteiger partial charge in [-0.3, -0.25) is 9.69 Å². The van der Waals surface area contributed by atoms with E-state index in [1.54, 1.807) is 0 Å². The van der Waals surface area contributed by atoms with Gasteiger partial charge in [0.2, 0.25) is 0 Å². The lowest BCUT2D eigenvalue weighted by molar-refractivity contribution is -0.147. The normalized spacial score (nSPS) is 42.3. The van der Waals surface area contributed by atoms with E-state index in [2.05, 4.69) is 28.9 Å². The molecule has 5 nitrogen and oxygen atoms in total. The highest BCUT2D eigenvalue weighted by atomic mass is 35.5. The number of piperazine rings is 1. The summed E-state index contributed by atoms with van der Waals surface area (Å²) in [5.41, 5.74) is 1.62. The van der Waals surface area contributed by atoms with Crippen molar-refractivity contribution in [2.24, 2.45) is 23.2 Å². The van der Waals surface area contributed by atoms with Crippen molar-refractivity contribution in [3.05, 3.63) is 29.3 Å². The molecule has 0 aromatic heterocycles. The molecule has 1 aromatic carbocycles. The van der Waals surface area contributed by atoms with Gasteiger partial charge in [0, 0.05) is 49.4 Å². The lowest BCUT2D eigenvalue weighted by Crippen LogP contribution is -2.52. The van der Waals surface area contributed by atoms with Crippen LogP contribution in [0, 0.1) is 23.2 Å². The molecule has 168 valence electrons. The second kappa shape index (κ2) is 7.36. The van der Waals surface area contributed by atoms with Gasteiger partial charge in [0.15, 0.2) is 0 Å². The molecule has 6 heteroatoms. The number of rotatable bonds is 3. The van der Waals surface area contributed by atoms with Crippen LogP contribution in [0.4, 0.5) is 5.69 Å². The predicted octanol–water partition coefficient (Wildman–Crippen LogP) is 3.99. The zero-order chi connectivity index (χ0) is 21.2. The Balaban J connectivity index is 1.11. The first-order valence-electron chi connectivity index (χ1n) is 12.0. The first kappa shape index (κ1) is 20.3. The van der Waals surface area contributed by atoms with Crippen LogP contribution < -0.4 is 4.90 Å². The minimum atomic E-state index is 0.0226. The number of hydrogen-bond donors (Lipinski definition) is 0. The van der Waals surface area contributed by atoms with Crippen LogP contribution in [0.5, 0.6) is 0 Å². The number of fused-ring (bicyclic) bond motifs is 3. The fourth-order valence-corrected chi connectivity index (χ4v) is 7.41. The third-order valence-electron chi connectivity index (χ3n) is 9.10. The molecule has 3 saturated heterocycles. The predicted molar refractivity (Wildman–Crippen MR) is 120 cm³/mol. The van der Waals surface area contributed by atoms with Crippen LogP contribution in [0.15, 0.2) is 24.3 Å². The maximum absolute atomic E-state index is 12.9. The molecule has 5 aliphatic rings. The van der Waals surface area contributed by atoms with E-state index < -0.39 is 0 Å². The second-order valence-corrected chi connectivity index (χ2v) is 11.3. The van der Waals surface area contributed by atoms with Crippen LogP contribution in [-0.2, 0) is 14.3 Å². The Morgan fingerprint density at radius 2 is 1.87 bits per heavy atom. The molecule has 1 aromatic rings. The zero-order valence-electron chi connectivity index (χ0n) is 18.4. The molecule has 2 saturated carbocycles. The van der Waals surface area contributed by atoms with Gasteiger partial charge in [-0.2, -0.15) is 0 Å². The summed E-state index contributed by atoms with van der Waals surface area (Å²) in [7, 11) is 0. The Bertz CT molecular complexity index is 849. The van der Waals surface area contributed by atoms with Crippen molar-refractivity contribution in [3.63, 3.8) is 0 Å². The Morgan fingerprint density at radius 1 is 1.13 bits per heavy atom. The van der Waals surface area contributed by atoms with Crippen LogP contribution in [0.1, 0.15) is 39.0 Å². The quantitative estimate of drug-likeness (QED) is 0.521. The van der Waals surface area contributed by atoms with Gasteiger partial charge in [0.1, 0.15) is 6.10 Å². The molecule has 1 spiro atoms. The smallest absolute Gasteiger partial charge is 0.310 e. The first-order chi connectivity index (χ1) is 15.0. The number of halogens is 1. The molecule has 3 heterocycles. The number of anilines is 1. The monoisotopic (exact) mass is 444 g/mol. The Kier molecular flexibility index (Phi) is 4.82. The van der Waals surface area contributed by atoms with Crippen LogP contribution in [-0.4, -0.2) is 61.9 Å². The van der Waals surface area contributed by atoms with Crippen molar-refractivity contribution >= 4 is 23.3 Å². The third kappa shape index (κ3) is 3.48. The standard InChI is InChI=1S/C25H33ClN2O3/c1-24-7-2-8-25(16-30-25)22(24)13-19-20(23(29)31-21(19)14-24)15-27-9-11-28(12-10-27)18-5-3-17(26)4-6-18/h3-6,19-22H,2,7-16H2,1H3/t19-,20+,21+,22+,24+,25-/m0/s1. The summed E-state index contributed by atoms with van der Waals surface area (Å²) >= 11 is 6.03. The van der Waals surface area contributed by atoms with Gasteiger partial charge >= 0.3 is 5.97 Å². The van der Waals surface area contributed by atoms with Gasteiger partial charge < -0.3 is 14.4 Å². The minimum absolute atomic E-state index is 0.0226. The van der Waals surface area contributed by atoms with Crippen molar-refractivity contribution in [3.8, 4) is 0 Å². The summed E-state index contributed by atoms with van der Waals surface area (Å²) in [5.74, 6) is 1.02. The largest absolute Gasteiger partial charge is 0.462 e. The topological polar surface area (TPSA) is 45.3 Å². The average molecular weight is 445 g/mol. The Labute approximate surface area is 190 Å².